The maximum absolute atomic E-state index is 5.36. The fourth-order valence-corrected chi connectivity index (χ4v) is 3.97. The standard InChI is InChI=1S/C16H23NO/c1-11-14-7-4-8-15(16(14)10-17-11)12-5-3-6-13(9-12)18-2/h3,5-6,9,11,14-17H,4,7-8,10H2,1-2H3/t11?,14-,15?,16?/m0/s1. The first kappa shape index (κ1) is 12.0. The van der Waals surface area contributed by atoms with Crippen LogP contribution in [0.1, 0.15) is 37.7 Å². The molecular formula is C16H23NO. The molecule has 98 valence electrons. The third kappa shape index (κ3) is 2.03. The Morgan fingerprint density at radius 1 is 1.22 bits per heavy atom. The van der Waals surface area contributed by atoms with Crippen LogP contribution in [0.2, 0.25) is 0 Å². The molecule has 0 spiro atoms. The van der Waals surface area contributed by atoms with Gasteiger partial charge in [0.2, 0.25) is 0 Å². The molecule has 1 heterocycles. The van der Waals surface area contributed by atoms with Gasteiger partial charge in [0.15, 0.2) is 0 Å². The van der Waals surface area contributed by atoms with Gasteiger partial charge in [-0.3, -0.25) is 0 Å². The fraction of sp³-hybridized carbons (Fsp3) is 0.625. The first-order chi connectivity index (χ1) is 8.79. The van der Waals surface area contributed by atoms with E-state index in [1.165, 1.54) is 31.4 Å². The Kier molecular flexibility index (Phi) is 3.29. The average molecular weight is 245 g/mol. The molecule has 2 nitrogen and oxygen atoms in total. The van der Waals surface area contributed by atoms with Gasteiger partial charge in [0.25, 0.3) is 0 Å². The van der Waals surface area contributed by atoms with E-state index in [0.29, 0.717) is 6.04 Å². The first-order valence-corrected chi connectivity index (χ1v) is 7.17. The van der Waals surface area contributed by atoms with Gasteiger partial charge >= 0.3 is 0 Å². The second kappa shape index (κ2) is 4.93. The quantitative estimate of drug-likeness (QED) is 0.864. The van der Waals surface area contributed by atoms with Crippen LogP contribution < -0.4 is 10.1 Å². The highest BCUT2D eigenvalue weighted by atomic mass is 16.5. The van der Waals surface area contributed by atoms with Crippen LogP contribution in [0.25, 0.3) is 0 Å². The van der Waals surface area contributed by atoms with Gasteiger partial charge in [-0.15, -0.1) is 0 Å². The van der Waals surface area contributed by atoms with Gasteiger partial charge in [-0.25, -0.2) is 0 Å². The summed E-state index contributed by atoms with van der Waals surface area (Å²) in [5.74, 6) is 3.40. The topological polar surface area (TPSA) is 21.3 Å². The van der Waals surface area contributed by atoms with E-state index in [1.807, 2.05) is 6.07 Å². The van der Waals surface area contributed by atoms with Crippen LogP contribution in [0.4, 0.5) is 0 Å². The van der Waals surface area contributed by atoms with Crippen molar-refractivity contribution in [2.45, 2.75) is 38.1 Å². The lowest BCUT2D eigenvalue weighted by atomic mass is 9.69. The molecule has 1 aliphatic carbocycles. The number of ether oxygens (including phenoxy) is 1. The van der Waals surface area contributed by atoms with Crippen molar-refractivity contribution in [2.75, 3.05) is 13.7 Å². The second-order valence-electron chi connectivity index (χ2n) is 5.84. The summed E-state index contributed by atoms with van der Waals surface area (Å²) in [4.78, 5) is 0. The van der Waals surface area contributed by atoms with E-state index in [2.05, 4.69) is 30.4 Å². The molecule has 3 unspecified atom stereocenters. The summed E-state index contributed by atoms with van der Waals surface area (Å²) < 4.78 is 5.36. The molecule has 2 aliphatic rings. The molecule has 1 saturated carbocycles. The number of hydrogen-bond acceptors (Lipinski definition) is 2. The van der Waals surface area contributed by atoms with Crippen LogP contribution in [-0.2, 0) is 0 Å². The highest BCUT2D eigenvalue weighted by molar-refractivity contribution is 5.32. The number of hydrogen-bond donors (Lipinski definition) is 1. The van der Waals surface area contributed by atoms with Crippen LogP contribution in [0.3, 0.4) is 0 Å². The van der Waals surface area contributed by atoms with Crippen LogP contribution in [-0.4, -0.2) is 19.7 Å². The molecule has 1 aliphatic heterocycles. The molecule has 0 aromatic heterocycles. The molecule has 2 heteroatoms. The van der Waals surface area contributed by atoms with Gasteiger partial charge in [-0.2, -0.15) is 0 Å². The molecule has 0 amide bonds. The lowest BCUT2D eigenvalue weighted by Crippen LogP contribution is -2.28. The zero-order valence-corrected chi connectivity index (χ0v) is 11.4. The zero-order valence-electron chi connectivity index (χ0n) is 11.4. The fourth-order valence-electron chi connectivity index (χ4n) is 3.97. The molecular weight excluding hydrogens is 222 g/mol. The predicted molar refractivity (Wildman–Crippen MR) is 74.0 cm³/mol. The molecule has 18 heavy (non-hydrogen) atoms. The largest absolute Gasteiger partial charge is 0.497 e. The van der Waals surface area contributed by atoms with Crippen LogP contribution >= 0.6 is 0 Å². The van der Waals surface area contributed by atoms with Gasteiger partial charge in [0.1, 0.15) is 5.75 Å². The first-order valence-electron chi connectivity index (χ1n) is 7.17. The number of benzene rings is 1. The molecule has 4 atom stereocenters. The molecule has 1 aromatic rings. The lowest BCUT2D eigenvalue weighted by molar-refractivity contribution is 0.236. The Hall–Kier alpha value is -1.02. The summed E-state index contributed by atoms with van der Waals surface area (Å²) in [5, 5.41) is 3.66. The van der Waals surface area contributed by atoms with Crippen molar-refractivity contribution >= 4 is 0 Å². The van der Waals surface area contributed by atoms with Crippen molar-refractivity contribution in [3.63, 3.8) is 0 Å². The highest BCUT2D eigenvalue weighted by Crippen LogP contribution is 2.45. The molecule has 3 rings (SSSR count). The Balaban J connectivity index is 1.86. The molecule has 1 N–H and O–H groups in total. The normalized spacial score (nSPS) is 35.2. The van der Waals surface area contributed by atoms with E-state index in [-0.39, 0.29) is 0 Å². The second-order valence-corrected chi connectivity index (χ2v) is 5.84. The monoisotopic (exact) mass is 245 g/mol. The van der Waals surface area contributed by atoms with Gasteiger partial charge in [0.05, 0.1) is 7.11 Å². The third-order valence-corrected chi connectivity index (χ3v) is 4.96. The summed E-state index contributed by atoms with van der Waals surface area (Å²) in [7, 11) is 1.75. The Morgan fingerprint density at radius 3 is 2.94 bits per heavy atom. The Labute approximate surface area is 110 Å². The van der Waals surface area contributed by atoms with Crippen molar-refractivity contribution in [2.24, 2.45) is 11.8 Å². The van der Waals surface area contributed by atoms with E-state index in [1.54, 1.807) is 7.11 Å². The number of nitrogens with one attached hydrogen (secondary N) is 1. The minimum atomic E-state index is 0.698. The summed E-state index contributed by atoms with van der Waals surface area (Å²) >= 11 is 0. The van der Waals surface area contributed by atoms with E-state index in [4.69, 9.17) is 4.74 Å². The van der Waals surface area contributed by atoms with Crippen molar-refractivity contribution in [3.8, 4) is 5.75 Å². The van der Waals surface area contributed by atoms with Crippen molar-refractivity contribution < 1.29 is 4.74 Å². The van der Waals surface area contributed by atoms with Gasteiger partial charge in [-0.1, -0.05) is 18.6 Å². The molecule has 0 bridgehead atoms. The summed E-state index contributed by atoms with van der Waals surface area (Å²) in [6, 6.07) is 9.38. The van der Waals surface area contributed by atoms with Gasteiger partial charge in [-0.05, 0) is 61.8 Å². The SMILES string of the molecule is COc1cccc(C2CCC[C@H]3C(C)NCC23)c1. The molecule has 2 fully saturated rings. The van der Waals surface area contributed by atoms with Gasteiger partial charge in [0, 0.05) is 6.04 Å². The summed E-state index contributed by atoms with van der Waals surface area (Å²) in [6.07, 6.45) is 4.11. The van der Waals surface area contributed by atoms with Crippen molar-refractivity contribution in [1.82, 2.24) is 5.32 Å². The van der Waals surface area contributed by atoms with Crippen LogP contribution in [0, 0.1) is 11.8 Å². The molecule has 1 aromatic carbocycles. The van der Waals surface area contributed by atoms with E-state index < -0.39 is 0 Å². The Bertz CT molecular complexity index is 417. The van der Waals surface area contributed by atoms with E-state index in [0.717, 1.165) is 23.5 Å². The smallest absolute Gasteiger partial charge is 0.119 e. The summed E-state index contributed by atoms with van der Waals surface area (Å²) in [5.41, 5.74) is 1.47. The zero-order chi connectivity index (χ0) is 12.5. The number of fused-ring (bicyclic) bond motifs is 1. The predicted octanol–water partition coefficient (Wildman–Crippen LogP) is 3.19. The van der Waals surface area contributed by atoms with Crippen molar-refractivity contribution in [1.29, 1.82) is 0 Å². The highest BCUT2D eigenvalue weighted by Gasteiger charge is 2.40. The third-order valence-electron chi connectivity index (χ3n) is 4.96. The van der Waals surface area contributed by atoms with Crippen LogP contribution in [0.5, 0.6) is 5.75 Å². The number of rotatable bonds is 2. The maximum atomic E-state index is 5.36. The minimum absolute atomic E-state index is 0.698. The van der Waals surface area contributed by atoms with E-state index >= 15 is 0 Å². The number of methoxy groups -OCH3 is 1. The molecule has 0 radical (unpaired) electrons. The van der Waals surface area contributed by atoms with Gasteiger partial charge < -0.3 is 10.1 Å². The lowest BCUT2D eigenvalue weighted by Gasteiger charge is -2.35. The van der Waals surface area contributed by atoms with E-state index in [9.17, 15) is 0 Å². The summed E-state index contributed by atoms with van der Waals surface area (Å²) in [6.45, 7) is 3.53. The minimum Gasteiger partial charge on any atom is -0.497 e. The van der Waals surface area contributed by atoms with Crippen LogP contribution in [0.15, 0.2) is 24.3 Å². The van der Waals surface area contributed by atoms with Crippen molar-refractivity contribution in [3.05, 3.63) is 29.8 Å². The Morgan fingerprint density at radius 2 is 2.11 bits per heavy atom. The average Bonchev–Trinajstić information content (AvgIpc) is 2.81. The molecule has 1 saturated heterocycles. The maximum Gasteiger partial charge on any atom is 0.119 e.